The molecule has 1 aliphatic rings. The van der Waals surface area contributed by atoms with Crippen molar-refractivity contribution in [3.05, 3.63) is 89.9 Å². The molecule has 2 aromatic carbocycles. The van der Waals surface area contributed by atoms with Crippen molar-refractivity contribution in [2.45, 2.75) is 25.2 Å². The Bertz CT molecular complexity index is 940. The normalized spacial score (nSPS) is 17.2. The molecular weight excluding hydrogens is 351 g/mol. The minimum atomic E-state index is -0.294. The maximum absolute atomic E-state index is 13.4. The Balaban J connectivity index is 1.44. The van der Waals surface area contributed by atoms with Crippen molar-refractivity contribution in [2.24, 2.45) is 0 Å². The molecule has 4 rings (SSSR count). The first-order valence-electron chi connectivity index (χ1n) is 9.77. The Kier molecular flexibility index (Phi) is 5.47. The van der Waals surface area contributed by atoms with E-state index in [1.165, 1.54) is 17.7 Å². The summed E-state index contributed by atoms with van der Waals surface area (Å²) in [6.07, 6.45) is 4.68. The zero-order chi connectivity index (χ0) is 19.3. The van der Waals surface area contributed by atoms with E-state index in [1.54, 1.807) is 24.4 Å². The molecule has 1 saturated heterocycles. The predicted molar refractivity (Wildman–Crippen MR) is 109 cm³/mol. The van der Waals surface area contributed by atoms with E-state index in [2.05, 4.69) is 29.2 Å². The molecular formula is C24H23FN2O. The maximum atomic E-state index is 13.4. The smallest absolute Gasteiger partial charge is 0.255 e. The monoisotopic (exact) mass is 374 g/mol. The third-order valence-corrected chi connectivity index (χ3v) is 5.42. The summed E-state index contributed by atoms with van der Waals surface area (Å²) in [4.78, 5) is 19.2. The molecule has 0 spiro atoms. The second-order valence-corrected chi connectivity index (χ2v) is 7.27. The number of nitrogens with zero attached hydrogens (tertiary/aromatic N) is 2. The average Bonchev–Trinajstić information content (AvgIpc) is 3.00. The number of halogens is 1. The predicted octanol–water partition coefficient (Wildman–Crippen LogP) is 5.30. The molecule has 3 aromatic rings. The maximum Gasteiger partial charge on any atom is 0.255 e. The van der Waals surface area contributed by atoms with Gasteiger partial charge in [0.25, 0.3) is 5.91 Å². The summed E-state index contributed by atoms with van der Waals surface area (Å²) in [6, 6.07) is 20.4. The minimum Gasteiger partial charge on any atom is -0.339 e. The van der Waals surface area contributed by atoms with E-state index < -0.39 is 0 Å². The van der Waals surface area contributed by atoms with Crippen molar-refractivity contribution in [3.63, 3.8) is 0 Å². The molecule has 1 atom stereocenters. The van der Waals surface area contributed by atoms with Crippen LogP contribution in [-0.2, 0) is 0 Å². The molecule has 2 heterocycles. The minimum absolute atomic E-state index is 0.0204. The van der Waals surface area contributed by atoms with Crippen molar-refractivity contribution < 1.29 is 9.18 Å². The molecule has 3 nitrogen and oxygen atoms in total. The van der Waals surface area contributed by atoms with E-state index in [0.717, 1.165) is 32.4 Å². The van der Waals surface area contributed by atoms with Gasteiger partial charge in [0.15, 0.2) is 0 Å². The van der Waals surface area contributed by atoms with Crippen LogP contribution in [0.1, 0.15) is 41.1 Å². The average molecular weight is 374 g/mol. The number of benzene rings is 2. The number of pyridine rings is 1. The second-order valence-electron chi connectivity index (χ2n) is 7.27. The lowest BCUT2D eigenvalue weighted by Crippen LogP contribution is -2.32. The summed E-state index contributed by atoms with van der Waals surface area (Å²) >= 11 is 0. The van der Waals surface area contributed by atoms with Gasteiger partial charge in [-0.25, -0.2) is 4.39 Å². The van der Waals surface area contributed by atoms with Crippen LogP contribution in [-0.4, -0.2) is 28.9 Å². The third-order valence-electron chi connectivity index (χ3n) is 5.42. The molecule has 1 aromatic heterocycles. The first-order chi connectivity index (χ1) is 13.7. The first-order valence-corrected chi connectivity index (χ1v) is 9.77. The zero-order valence-corrected chi connectivity index (χ0v) is 15.7. The Morgan fingerprint density at radius 1 is 0.964 bits per heavy atom. The van der Waals surface area contributed by atoms with Crippen molar-refractivity contribution >= 4 is 5.91 Å². The van der Waals surface area contributed by atoms with Gasteiger partial charge in [-0.3, -0.25) is 9.78 Å². The highest BCUT2D eigenvalue weighted by molar-refractivity contribution is 5.94. The van der Waals surface area contributed by atoms with Crippen molar-refractivity contribution in [1.29, 1.82) is 0 Å². The fraction of sp³-hybridized carbons (Fsp3) is 0.250. The number of carbonyl (C=O) groups excluding carboxylic acids is 1. The Hall–Kier alpha value is -3.01. The number of hydrogen-bond donors (Lipinski definition) is 0. The van der Waals surface area contributed by atoms with Gasteiger partial charge >= 0.3 is 0 Å². The SMILES string of the molecule is O=C(c1ccc(-c2cccc(F)c2)nc1)N1CCCC(c2ccccc2)CC1. The van der Waals surface area contributed by atoms with Crippen LogP contribution in [0, 0.1) is 5.82 Å². The van der Waals surface area contributed by atoms with Gasteiger partial charge in [-0.15, -0.1) is 0 Å². The topological polar surface area (TPSA) is 33.2 Å². The Labute approximate surface area is 164 Å². The van der Waals surface area contributed by atoms with E-state index in [9.17, 15) is 9.18 Å². The van der Waals surface area contributed by atoms with Gasteiger partial charge in [-0.05, 0) is 55.0 Å². The quantitative estimate of drug-likeness (QED) is 0.623. The lowest BCUT2D eigenvalue weighted by Gasteiger charge is -2.21. The number of aromatic nitrogens is 1. The van der Waals surface area contributed by atoms with Crippen LogP contribution < -0.4 is 0 Å². The number of rotatable bonds is 3. The van der Waals surface area contributed by atoms with Gasteiger partial charge in [0.05, 0.1) is 11.3 Å². The fourth-order valence-electron chi connectivity index (χ4n) is 3.88. The molecule has 4 heteroatoms. The molecule has 0 radical (unpaired) electrons. The molecule has 142 valence electrons. The summed E-state index contributed by atoms with van der Waals surface area (Å²) in [5.41, 5.74) is 3.31. The number of hydrogen-bond acceptors (Lipinski definition) is 2. The molecule has 0 bridgehead atoms. The molecule has 1 aliphatic heterocycles. The van der Waals surface area contributed by atoms with Gasteiger partial charge < -0.3 is 4.90 Å². The summed E-state index contributed by atoms with van der Waals surface area (Å²) in [5.74, 6) is 0.233. The van der Waals surface area contributed by atoms with E-state index >= 15 is 0 Å². The van der Waals surface area contributed by atoms with Gasteiger partial charge in [0.2, 0.25) is 0 Å². The van der Waals surface area contributed by atoms with Crippen molar-refractivity contribution in [1.82, 2.24) is 9.88 Å². The molecule has 1 amide bonds. The van der Waals surface area contributed by atoms with Crippen LogP contribution in [0.2, 0.25) is 0 Å². The van der Waals surface area contributed by atoms with Crippen LogP contribution >= 0.6 is 0 Å². The van der Waals surface area contributed by atoms with Crippen LogP contribution in [0.3, 0.4) is 0 Å². The Morgan fingerprint density at radius 3 is 2.57 bits per heavy atom. The number of likely N-dealkylation sites (tertiary alicyclic amines) is 1. The highest BCUT2D eigenvalue weighted by atomic mass is 19.1. The van der Waals surface area contributed by atoms with E-state index in [1.807, 2.05) is 17.0 Å². The molecule has 0 N–H and O–H groups in total. The Morgan fingerprint density at radius 2 is 1.82 bits per heavy atom. The number of amides is 1. The third kappa shape index (κ3) is 4.11. The summed E-state index contributed by atoms with van der Waals surface area (Å²) in [7, 11) is 0. The standard InChI is InChI=1S/C24H23FN2O/c25-22-10-4-8-20(16-22)23-12-11-21(17-26-23)24(28)27-14-5-9-19(13-15-27)18-6-2-1-3-7-18/h1-4,6-8,10-12,16-17,19H,5,9,13-15H2. The molecule has 1 fully saturated rings. The van der Waals surface area contributed by atoms with Gasteiger partial charge in [-0.1, -0.05) is 42.5 Å². The van der Waals surface area contributed by atoms with Gasteiger partial charge in [-0.2, -0.15) is 0 Å². The van der Waals surface area contributed by atoms with Crippen LogP contribution in [0.15, 0.2) is 72.9 Å². The van der Waals surface area contributed by atoms with E-state index in [0.29, 0.717) is 22.7 Å². The second kappa shape index (κ2) is 8.34. The fourth-order valence-corrected chi connectivity index (χ4v) is 3.88. The van der Waals surface area contributed by atoms with Gasteiger partial charge in [0, 0.05) is 24.8 Å². The summed E-state index contributed by atoms with van der Waals surface area (Å²) in [6.45, 7) is 1.53. The number of carbonyl (C=O) groups is 1. The van der Waals surface area contributed by atoms with Crippen molar-refractivity contribution in [2.75, 3.05) is 13.1 Å². The molecule has 0 aliphatic carbocycles. The zero-order valence-electron chi connectivity index (χ0n) is 15.7. The van der Waals surface area contributed by atoms with Crippen molar-refractivity contribution in [3.8, 4) is 11.3 Å². The summed E-state index contributed by atoms with van der Waals surface area (Å²) < 4.78 is 13.4. The summed E-state index contributed by atoms with van der Waals surface area (Å²) in [5, 5.41) is 0. The van der Waals surface area contributed by atoms with Gasteiger partial charge in [0.1, 0.15) is 5.82 Å². The lowest BCUT2D eigenvalue weighted by atomic mass is 9.92. The van der Waals surface area contributed by atoms with Crippen LogP contribution in [0.25, 0.3) is 11.3 Å². The highest BCUT2D eigenvalue weighted by Gasteiger charge is 2.22. The lowest BCUT2D eigenvalue weighted by molar-refractivity contribution is 0.0760. The molecule has 1 unspecified atom stereocenters. The molecule has 28 heavy (non-hydrogen) atoms. The highest BCUT2D eigenvalue weighted by Crippen LogP contribution is 2.28. The molecule has 0 saturated carbocycles. The van der Waals surface area contributed by atoms with E-state index in [4.69, 9.17) is 0 Å². The van der Waals surface area contributed by atoms with Crippen LogP contribution in [0.4, 0.5) is 4.39 Å². The largest absolute Gasteiger partial charge is 0.339 e. The first kappa shape index (κ1) is 18.4. The van der Waals surface area contributed by atoms with E-state index in [-0.39, 0.29) is 11.7 Å². The van der Waals surface area contributed by atoms with Crippen LogP contribution in [0.5, 0.6) is 0 Å².